The van der Waals surface area contributed by atoms with Crippen molar-refractivity contribution in [2.45, 2.75) is 26.8 Å². The Morgan fingerprint density at radius 3 is 2.53 bits per heavy atom. The van der Waals surface area contributed by atoms with Gasteiger partial charge in [0.05, 0.1) is 5.52 Å². The molecule has 0 spiro atoms. The summed E-state index contributed by atoms with van der Waals surface area (Å²) in [4.78, 5) is 11.2. The lowest BCUT2D eigenvalue weighted by molar-refractivity contribution is 0.0684. The van der Waals surface area contributed by atoms with E-state index in [-0.39, 0.29) is 17.5 Å². The van der Waals surface area contributed by atoms with E-state index in [4.69, 9.17) is 0 Å². The summed E-state index contributed by atoms with van der Waals surface area (Å²) in [5, 5.41) is 19.6. The summed E-state index contributed by atoms with van der Waals surface area (Å²) in [6.07, 6.45) is 0. The summed E-state index contributed by atoms with van der Waals surface area (Å²) < 4.78 is 1.74. The molecule has 1 aromatic carbocycles. The number of carboxylic acid groups (broad SMARTS) is 1. The van der Waals surface area contributed by atoms with Crippen LogP contribution in [0.4, 0.5) is 0 Å². The Labute approximate surface area is 99.1 Å². The molecular weight excluding hydrogens is 218 g/mol. The minimum absolute atomic E-state index is 0.0269. The average Bonchev–Trinajstić information content (AvgIpc) is 2.64. The molecule has 17 heavy (non-hydrogen) atoms. The Morgan fingerprint density at radius 1 is 1.35 bits per heavy atom. The fourth-order valence-electron chi connectivity index (χ4n) is 2.20. The minimum atomic E-state index is -0.978. The lowest BCUT2D eigenvalue weighted by Gasteiger charge is -2.13. The van der Waals surface area contributed by atoms with Crippen molar-refractivity contribution in [2.75, 3.05) is 0 Å². The fourth-order valence-corrected chi connectivity index (χ4v) is 2.20. The summed E-state index contributed by atoms with van der Waals surface area (Å²) in [5.41, 5.74) is 1.95. The number of hydrogen-bond acceptors (Lipinski definition) is 2. The molecule has 4 heteroatoms. The molecule has 1 heterocycles. The predicted molar refractivity (Wildman–Crippen MR) is 65.7 cm³/mol. The Morgan fingerprint density at radius 2 is 2.00 bits per heavy atom. The second-order valence-electron chi connectivity index (χ2n) is 4.46. The van der Waals surface area contributed by atoms with Crippen molar-refractivity contribution in [2.24, 2.45) is 0 Å². The van der Waals surface area contributed by atoms with Gasteiger partial charge in [-0.15, -0.1) is 0 Å². The molecule has 2 N–H and O–H groups in total. The largest absolute Gasteiger partial charge is 0.507 e. The zero-order valence-corrected chi connectivity index (χ0v) is 10.1. The van der Waals surface area contributed by atoms with Crippen LogP contribution in [0.3, 0.4) is 0 Å². The van der Waals surface area contributed by atoms with E-state index in [1.165, 1.54) is 6.07 Å². The number of hydrogen-bond donors (Lipinski definition) is 2. The van der Waals surface area contributed by atoms with E-state index in [9.17, 15) is 15.0 Å². The van der Waals surface area contributed by atoms with Crippen molar-refractivity contribution in [1.82, 2.24) is 4.57 Å². The number of phenols is 1. The molecule has 90 valence electrons. The molecule has 0 radical (unpaired) electrons. The molecule has 0 aliphatic carbocycles. The van der Waals surface area contributed by atoms with E-state index in [1.54, 1.807) is 16.7 Å². The molecule has 0 saturated heterocycles. The number of benzene rings is 1. The van der Waals surface area contributed by atoms with Crippen molar-refractivity contribution in [3.63, 3.8) is 0 Å². The second-order valence-corrected chi connectivity index (χ2v) is 4.46. The summed E-state index contributed by atoms with van der Waals surface area (Å²) in [7, 11) is 0. The quantitative estimate of drug-likeness (QED) is 0.838. The van der Waals surface area contributed by atoms with Gasteiger partial charge in [-0.1, -0.05) is 6.07 Å². The smallest absolute Gasteiger partial charge is 0.352 e. The van der Waals surface area contributed by atoms with Crippen LogP contribution in [0, 0.1) is 6.92 Å². The lowest BCUT2D eigenvalue weighted by Crippen LogP contribution is -2.10. The van der Waals surface area contributed by atoms with E-state index in [2.05, 4.69) is 0 Å². The highest BCUT2D eigenvalue weighted by Gasteiger charge is 2.19. The van der Waals surface area contributed by atoms with E-state index < -0.39 is 5.97 Å². The third kappa shape index (κ3) is 1.65. The number of aromatic carboxylic acids is 1. The van der Waals surface area contributed by atoms with Crippen LogP contribution in [0.15, 0.2) is 18.2 Å². The Bertz CT molecular complexity index is 596. The van der Waals surface area contributed by atoms with Gasteiger partial charge < -0.3 is 14.8 Å². The Balaban J connectivity index is 2.95. The minimum Gasteiger partial charge on any atom is -0.507 e. The topological polar surface area (TPSA) is 62.5 Å². The number of carbonyl (C=O) groups is 1. The average molecular weight is 233 g/mol. The van der Waals surface area contributed by atoms with Gasteiger partial charge in [0.2, 0.25) is 0 Å². The molecule has 1 aromatic heterocycles. The van der Waals surface area contributed by atoms with Crippen LogP contribution in [0.25, 0.3) is 10.9 Å². The van der Waals surface area contributed by atoms with Crippen molar-refractivity contribution < 1.29 is 15.0 Å². The Hall–Kier alpha value is -1.97. The lowest BCUT2D eigenvalue weighted by atomic mass is 10.1. The van der Waals surface area contributed by atoms with Crippen molar-refractivity contribution in [1.29, 1.82) is 0 Å². The van der Waals surface area contributed by atoms with Gasteiger partial charge >= 0.3 is 5.97 Å². The van der Waals surface area contributed by atoms with Gasteiger partial charge in [-0.25, -0.2) is 4.79 Å². The zero-order valence-electron chi connectivity index (χ0n) is 10.1. The molecule has 2 rings (SSSR count). The van der Waals surface area contributed by atoms with Crippen LogP contribution in [0.5, 0.6) is 5.75 Å². The number of phenolic OH excluding ortho intramolecular Hbond substituents is 1. The number of rotatable bonds is 2. The summed E-state index contributed by atoms with van der Waals surface area (Å²) in [5.74, 6) is -0.860. The van der Waals surface area contributed by atoms with Gasteiger partial charge in [0.1, 0.15) is 11.4 Å². The van der Waals surface area contributed by atoms with Crippen LogP contribution < -0.4 is 0 Å². The molecule has 4 nitrogen and oxygen atoms in total. The standard InChI is InChI=1S/C13H15NO3/c1-7(2)14-10(13(16)17)6-9-11(15)5-4-8(3)12(9)14/h4-7,15H,1-3H3,(H,16,17). The van der Waals surface area contributed by atoms with Crippen LogP contribution in [0.1, 0.15) is 35.9 Å². The number of fused-ring (bicyclic) bond motifs is 1. The predicted octanol–water partition coefficient (Wildman–Crippen LogP) is 2.93. The van der Waals surface area contributed by atoms with Crippen LogP contribution in [0.2, 0.25) is 0 Å². The number of carboxylic acids is 1. The molecule has 0 fully saturated rings. The monoisotopic (exact) mass is 233 g/mol. The number of aryl methyl sites for hydroxylation is 1. The molecule has 0 unspecified atom stereocenters. The summed E-state index contributed by atoms with van der Waals surface area (Å²) >= 11 is 0. The molecular formula is C13H15NO3. The van der Waals surface area contributed by atoms with Gasteiger partial charge in [-0.05, 0) is 38.5 Å². The van der Waals surface area contributed by atoms with Gasteiger partial charge in [0.25, 0.3) is 0 Å². The van der Waals surface area contributed by atoms with Crippen LogP contribution in [-0.4, -0.2) is 20.7 Å². The first-order valence-electron chi connectivity index (χ1n) is 5.50. The van der Waals surface area contributed by atoms with Crippen molar-refractivity contribution in [3.05, 3.63) is 29.5 Å². The maximum atomic E-state index is 11.2. The van der Waals surface area contributed by atoms with Gasteiger partial charge in [-0.3, -0.25) is 0 Å². The molecule has 0 bridgehead atoms. The van der Waals surface area contributed by atoms with Crippen LogP contribution >= 0.6 is 0 Å². The highest BCUT2D eigenvalue weighted by Crippen LogP contribution is 2.32. The molecule has 0 aliphatic rings. The first-order chi connectivity index (χ1) is 7.93. The Kier molecular flexibility index (Phi) is 2.58. The van der Waals surface area contributed by atoms with Gasteiger partial charge in [0.15, 0.2) is 0 Å². The fraction of sp³-hybridized carbons (Fsp3) is 0.308. The molecule has 0 aliphatic heterocycles. The van der Waals surface area contributed by atoms with Gasteiger partial charge in [0, 0.05) is 11.4 Å². The molecule has 0 amide bonds. The number of aromatic nitrogens is 1. The zero-order chi connectivity index (χ0) is 12.7. The van der Waals surface area contributed by atoms with Gasteiger partial charge in [-0.2, -0.15) is 0 Å². The van der Waals surface area contributed by atoms with Crippen molar-refractivity contribution >= 4 is 16.9 Å². The third-order valence-corrected chi connectivity index (χ3v) is 2.91. The van der Waals surface area contributed by atoms with Crippen molar-refractivity contribution in [3.8, 4) is 5.75 Å². The maximum absolute atomic E-state index is 11.2. The van der Waals surface area contributed by atoms with Crippen LogP contribution in [-0.2, 0) is 0 Å². The number of nitrogens with zero attached hydrogens (tertiary/aromatic N) is 1. The first kappa shape index (κ1) is 11.5. The second kappa shape index (κ2) is 3.80. The highest BCUT2D eigenvalue weighted by molar-refractivity contribution is 5.98. The normalized spacial score (nSPS) is 11.3. The first-order valence-corrected chi connectivity index (χ1v) is 5.50. The maximum Gasteiger partial charge on any atom is 0.352 e. The molecule has 0 saturated carbocycles. The van der Waals surface area contributed by atoms with E-state index in [0.717, 1.165) is 11.1 Å². The summed E-state index contributed by atoms with van der Waals surface area (Å²) in [6.45, 7) is 5.76. The SMILES string of the molecule is Cc1ccc(O)c2cc(C(=O)O)n(C(C)C)c12. The third-order valence-electron chi connectivity index (χ3n) is 2.91. The number of aromatic hydroxyl groups is 1. The van der Waals surface area contributed by atoms with E-state index >= 15 is 0 Å². The van der Waals surface area contributed by atoms with E-state index in [1.807, 2.05) is 20.8 Å². The molecule has 0 atom stereocenters. The van der Waals surface area contributed by atoms with E-state index in [0.29, 0.717) is 5.39 Å². The molecule has 2 aromatic rings. The summed E-state index contributed by atoms with van der Waals surface area (Å²) in [6, 6.07) is 4.94. The highest BCUT2D eigenvalue weighted by atomic mass is 16.4.